The minimum absolute atomic E-state index is 0.142. The first kappa shape index (κ1) is 16.4. The Kier molecular flexibility index (Phi) is 5.37. The number of primary sulfonamides is 1. The molecule has 112 valence electrons. The van der Waals surface area contributed by atoms with Crippen LogP contribution >= 0.6 is 22.6 Å². The van der Waals surface area contributed by atoms with Gasteiger partial charge in [0.1, 0.15) is 0 Å². The van der Waals surface area contributed by atoms with Gasteiger partial charge in [0.2, 0.25) is 10.0 Å². The number of nitrogens with two attached hydrogens (primary N) is 1. The van der Waals surface area contributed by atoms with E-state index in [1.165, 1.54) is 15.2 Å². The van der Waals surface area contributed by atoms with Crippen molar-refractivity contribution < 1.29 is 8.42 Å². The molecule has 0 heterocycles. The molecule has 2 aromatic rings. The van der Waals surface area contributed by atoms with Crippen LogP contribution in [-0.4, -0.2) is 8.42 Å². The van der Waals surface area contributed by atoms with Crippen LogP contribution in [0.2, 0.25) is 0 Å². The lowest BCUT2D eigenvalue weighted by molar-refractivity contribution is 0.573. The average Bonchev–Trinajstić information content (AvgIpc) is 2.45. The van der Waals surface area contributed by atoms with Crippen LogP contribution in [0.3, 0.4) is 0 Å². The third-order valence-corrected chi connectivity index (χ3v) is 4.84. The van der Waals surface area contributed by atoms with Crippen LogP contribution in [0.5, 0.6) is 0 Å². The fraction of sp³-hybridized carbons (Fsp3) is 0.200. The van der Waals surface area contributed by atoms with E-state index in [4.69, 9.17) is 5.14 Å². The largest absolute Gasteiger partial charge is 0.306 e. The van der Waals surface area contributed by atoms with Crippen molar-refractivity contribution in [2.24, 2.45) is 5.14 Å². The molecular weight excluding hydrogens is 399 g/mol. The summed E-state index contributed by atoms with van der Waals surface area (Å²) in [7, 11) is -3.65. The Bertz CT molecular complexity index is 715. The van der Waals surface area contributed by atoms with E-state index in [0.717, 1.165) is 5.56 Å². The van der Waals surface area contributed by atoms with Crippen molar-refractivity contribution in [3.63, 3.8) is 0 Å². The van der Waals surface area contributed by atoms with Crippen molar-refractivity contribution in [2.75, 3.05) is 0 Å². The number of benzene rings is 2. The van der Waals surface area contributed by atoms with Gasteiger partial charge >= 0.3 is 0 Å². The fourth-order valence-corrected chi connectivity index (χ4v) is 2.92. The first-order chi connectivity index (χ1) is 9.86. The molecule has 1 atom stereocenters. The van der Waals surface area contributed by atoms with E-state index in [1.54, 1.807) is 12.1 Å². The van der Waals surface area contributed by atoms with Gasteiger partial charge in [-0.05, 0) is 64.9 Å². The van der Waals surface area contributed by atoms with Gasteiger partial charge in [-0.2, -0.15) is 0 Å². The molecule has 2 rings (SSSR count). The minimum Gasteiger partial charge on any atom is -0.306 e. The molecule has 0 aliphatic carbocycles. The molecule has 2 aromatic carbocycles. The molecule has 0 spiro atoms. The maximum Gasteiger partial charge on any atom is 0.238 e. The average molecular weight is 416 g/mol. The lowest BCUT2D eigenvalue weighted by Crippen LogP contribution is -2.18. The Balaban J connectivity index is 2.04. The van der Waals surface area contributed by atoms with E-state index >= 15 is 0 Å². The Labute approximate surface area is 138 Å². The topological polar surface area (TPSA) is 72.2 Å². The van der Waals surface area contributed by atoms with Crippen molar-refractivity contribution in [1.82, 2.24) is 5.32 Å². The Morgan fingerprint density at radius 3 is 2.48 bits per heavy atom. The molecular formula is C15H17IN2O2S. The lowest BCUT2D eigenvalue weighted by atomic mass is 10.1. The standard InChI is InChI=1S/C15H17IN2O2S/c1-11(13-5-7-14(16)8-6-13)18-10-12-3-2-4-15(9-12)21(17,19)20/h2-9,11,18H,10H2,1H3,(H2,17,19,20). The maximum absolute atomic E-state index is 11.3. The highest BCUT2D eigenvalue weighted by Crippen LogP contribution is 2.16. The van der Waals surface area contributed by atoms with Crippen molar-refractivity contribution in [3.05, 3.63) is 63.2 Å². The number of hydrogen-bond acceptors (Lipinski definition) is 3. The highest BCUT2D eigenvalue weighted by Gasteiger charge is 2.09. The van der Waals surface area contributed by atoms with Gasteiger partial charge in [-0.1, -0.05) is 24.3 Å². The molecule has 0 saturated heterocycles. The fourth-order valence-electron chi connectivity index (χ4n) is 1.97. The van der Waals surface area contributed by atoms with Gasteiger partial charge in [-0.15, -0.1) is 0 Å². The smallest absolute Gasteiger partial charge is 0.238 e. The van der Waals surface area contributed by atoms with Gasteiger partial charge in [0.25, 0.3) is 0 Å². The highest BCUT2D eigenvalue weighted by atomic mass is 127. The van der Waals surface area contributed by atoms with Crippen molar-refractivity contribution in [3.8, 4) is 0 Å². The number of halogens is 1. The summed E-state index contributed by atoms with van der Waals surface area (Å²) in [6.45, 7) is 2.65. The molecule has 21 heavy (non-hydrogen) atoms. The molecule has 0 aliphatic rings. The van der Waals surface area contributed by atoms with E-state index in [-0.39, 0.29) is 10.9 Å². The Morgan fingerprint density at radius 2 is 1.86 bits per heavy atom. The first-order valence-electron chi connectivity index (χ1n) is 6.47. The van der Waals surface area contributed by atoms with Gasteiger partial charge < -0.3 is 5.32 Å². The summed E-state index contributed by atoms with van der Waals surface area (Å²) >= 11 is 2.27. The van der Waals surface area contributed by atoms with Gasteiger partial charge in [0.05, 0.1) is 4.90 Å². The Morgan fingerprint density at radius 1 is 1.19 bits per heavy atom. The van der Waals surface area contributed by atoms with Gasteiger partial charge in [0.15, 0.2) is 0 Å². The van der Waals surface area contributed by atoms with Crippen molar-refractivity contribution in [2.45, 2.75) is 24.4 Å². The highest BCUT2D eigenvalue weighted by molar-refractivity contribution is 14.1. The quantitative estimate of drug-likeness (QED) is 0.737. The van der Waals surface area contributed by atoms with Gasteiger partial charge in [-0.25, -0.2) is 13.6 Å². The van der Waals surface area contributed by atoms with Crippen LogP contribution in [0.15, 0.2) is 53.4 Å². The summed E-state index contributed by atoms with van der Waals surface area (Å²) in [4.78, 5) is 0.142. The van der Waals surface area contributed by atoms with Crippen molar-refractivity contribution >= 4 is 32.6 Å². The Hall–Kier alpha value is -0.960. The molecule has 0 fully saturated rings. The number of rotatable bonds is 5. The van der Waals surface area contributed by atoms with Crippen LogP contribution in [0, 0.1) is 3.57 Å². The summed E-state index contributed by atoms with van der Waals surface area (Å²) in [5.41, 5.74) is 2.08. The van der Waals surface area contributed by atoms with Crippen LogP contribution in [0.25, 0.3) is 0 Å². The zero-order chi connectivity index (χ0) is 15.5. The normalized spacial score (nSPS) is 13.1. The third-order valence-electron chi connectivity index (χ3n) is 3.21. The molecule has 0 aromatic heterocycles. The first-order valence-corrected chi connectivity index (χ1v) is 9.09. The lowest BCUT2D eigenvalue weighted by Gasteiger charge is -2.14. The summed E-state index contributed by atoms with van der Waals surface area (Å²) in [5, 5.41) is 8.51. The molecule has 0 amide bonds. The van der Waals surface area contributed by atoms with Crippen LogP contribution in [-0.2, 0) is 16.6 Å². The molecule has 3 N–H and O–H groups in total. The summed E-state index contributed by atoms with van der Waals surface area (Å²) in [6.07, 6.45) is 0. The molecule has 1 unspecified atom stereocenters. The van der Waals surface area contributed by atoms with Crippen LogP contribution < -0.4 is 10.5 Å². The SMILES string of the molecule is CC(NCc1cccc(S(N)(=O)=O)c1)c1ccc(I)cc1. The van der Waals surface area contributed by atoms with Gasteiger partial charge in [-0.3, -0.25) is 0 Å². The predicted molar refractivity (Wildman–Crippen MR) is 92.2 cm³/mol. The minimum atomic E-state index is -3.65. The summed E-state index contributed by atoms with van der Waals surface area (Å²) < 4.78 is 23.9. The predicted octanol–water partition coefficient (Wildman–Crippen LogP) is 2.79. The molecule has 0 saturated carbocycles. The second-order valence-electron chi connectivity index (χ2n) is 4.85. The zero-order valence-corrected chi connectivity index (χ0v) is 14.6. The van der Waals surface area contributed by atoms with E-state index in [2.05, 4.69) is 59.1 Å². The monoisotopic (exact) mass is 416 g/mol. The number of sulfonamides is 1. The molecule has 0 aliphatic heterocycles. The number of hydrogen-bond donors (Lipinski definition) is 2. The second kappa shape index (κ2) is 6.87. The van der Waals surface area contributed by atoms with E-state index in [1.807, 2.05) is 6.07 Å². The molecule has 0 bridgehead atoms. The molecule has 0 radical (unpaired) electrons. The van der Waals surface area contributed by atoms with E-state index < -0.39 is 10.0 Å². The van der Waals surface area contributed by atoms with Crippen molar-refractivity contribution in [1.29, 1.82) is 0 Å². The zero-order valence-electron chi connectivity index (χ0n) is 11.6. The maximum atomic E-state index is 11.3. The van der Waals surface area contributed by atoms with E-state index in [9.17, 15) is 8.42 Å². The summed E-state index contributed by atoms with van der Waals surface area (Å²) in [6, 6.07) is 15.2. The molecule has 6 heteroatoms. The second-order valence-corrected chi connectivity index (χ2v) is 7.65. The van der Waals surface area contributed by atoms with Crippen LogP contribution in [0.1, 0.15) is 24.1 Å². The van der Waals surface area contributed by atoms with Gasteiger partial charge in [0, 0.05) is 16.2 Å². The third kappa shape index (κ3) is 4.77. The molecule has 4 nitrogen and oxygen atoms in total. The van der Waals surface area contributed by atoms with Crippen LogP contribution in [0.4, 0.5) is 0 Å². The number of nitrogens with one attached hydrogen (secondary N) is 1. The van der Waals surface area contributed by atoms with E-state index in [0.29, 0.717) is 6.54 Å². The summed E-state index contributed by atoms with van der Waals surface area (Å²) in [5.74, 6) is 0.